The predicted octanol–water partition coefficient (Wildman–Crippen LogP) is 2.18. The number of carbonyl (C=O) groups excluding carboxylic acids is 1. The van der Waals surface area contributed by atoms with E-state index in [0.29, 0.717) is 0 Å². The van der Waals surface area contributed by atoms with Crippen LogP contribution < -0.4 is 5.73 Å². The molecule has 0 unspecified atom stereocenters. The lowest BCUT2D eigenvalue weighted by atomic mass is 10.2. The zero-order valence-electron chi connectivity index (χ0n) is 6.24. The summed E-state index contributed by atoms with van der Waals surface area (Å²) in [4.78, 5) is 10.4. The quantitative estimate of drug-likeness (QED) is 0.791. The second kappa shape index (κ2) is 4.11. The molecule has 1 aromatic carbocycles. The first kappa shape index (κ1) is 9.06. The molecule has 1 rings (SSSR count). The highest BCUT2D eigenvalue weighted by atomic mass is 79.9. The third-order valence-corrected chi connectivity index (χ3v) is 2.00. The first-order valence-electron chi connectivity index (χ1n) is 3.35. The van der Waals surface area contributed by atoms with E-state index >= 15 is 0 Å². The molecule has 12 heavy (non-hydrogen) atoms. The highest BCUT2D eigenvalue weighted by Crippen LogP contribution is 2.22. The summed E-state index contributed by atoms with van der Waals surface area (Å²) in [6.45, 7) is 0. The van der Waals surface area contributed by atoms with Crippen LogP contribution in [0.15, 0.2) is 30.3 Å². The number of carbonyl (C=O) groups is 1. The van der Waals surface area contributed by atoms with Crippen LogP contribution in [0.3, 0.4) is 0 Å². The maximum Gasteiger partial charge on any atom is 0.405 e. The number of benzene rings is 1. The summed E-state index contributed by atoms with van der Waals surface area (Å²) >= 11 is 3.16. The van der Waals surface area contributed by atoms with Crippen molar-refractivity contribution >= 4 is 22.0 Å². The molecule has 0 saturated carbocycles. The lowest BCUT2D eigenvalue weighted by molar-refractivity contribution is 0.148. The molecule has 0 spiro atoms. The average molecular weight is 230 g/mol. The normalized spacial score (nSPS) is 12.1. The third-order valence-electron chi connectivity index (χ3n) is 1.28. The van der Waals surface area contributed by atoms with Gasteiger partial charge in [-0.25, -0.2) is 4.79 Å². The van der Waals surface area contributed by atoms with Crippen molar-refractivity contribution in [2.75, 3.05) is 0 Å². The van der Waals surface area contributed by atoms with Crippen molar-refractivity contribution in [2.24, 2.45) is 5.73 Å². The second-order valence-electron chi connectivity index (χ2n) is 2.16. The molecule has 1 aromatic rings. The predicted molar refractivity (Wildman–Crippen MR) is 48.8 cm³/mol. The molecule has 0 heterocycles. The molecule has 0 fully saturated rings. The Kier molecular flexibility index (Phi) is 3.10. The van der Waals surface area contributed by atoms with E-state index in [9.17, 15) is 4.79 Å². The molecule has 0 aromatic heterocycles. The number of amides is 1. The van der Waals surface area contributed by atoms with Crippen molar-refractivity contribution in [1.82, 2.24) is 0 Å². The topological polar surface area (TPSA) is 52.3 Å². The van der Waals surface area contributed by atoms with Gasteiger partial charge in [0.05, 0.1) is 0 Å². The number of alkyl halides is 1. The van der Waals surface area contributed by atoms with E-state index in [1.54, 1.807) is 0 Å². The summed E-state index contributed by atoms with van der Waals surface area (Å²) in [6.07, 6.45) is -0.791. The highest BCUT2D eigenvalue weighted by Gasteiger charge is 2.08. The molecular formula is C8H8BrNO2. The van der Waals surface area contributed by atoms with Crippen molar-refractivity contribution in [2.45, 2.75) is 5.01 Å². The molecule has 0 saturated heterocycles. The van der Waals surface area contributed by atoms with E-state index in [0.717, 1.165) is 5.56 Å². The van der Waals surface area contributed by atoms with E-state index in [-0.39, 0.29) is 0 Å². The van der Waals surface area contributed by atoms with Gasteiger partial charge in [-0.1, -0.05) is 30.3 Å². The fraction of sp³-hybridized carbons (Fsp3) is 0.125. The fourth-order valence-corrected chi connectivity index (χ4v) is 1.26. The van der Waals surface area contributed by atoms with Gasteiger partial charge >= 0.3 is 6.09 Å². The Hall–Kier alpha value is -1.03. The molecule has 0 aliphatic rings. The molecule has 64 valence electrons. The Labute approximate surface area is 78.6 Å². The number of nitrogens with two attached hydrogens (primary N) is 1. The van der Waals surface area contributed by atoms with Crippen LogP contribution in [0.25, 0.3) is 0 Å². The molecular weight excluding hydrogens is 222 g/mol. The minimum atomic E-state index is -0.791. The van der Waals surface area contributed by atoms with Crippen LogP contribution in [0.5, 0.6) is 0 Å². The van der Waals surface area contributed by atoms with Crippen LogP contribution in [0.1, 0.15) is 10.6 Å². The number of primary amides is 1. The minimum absolute atomic E-state index is 0.462. The van der Waals surface area contributed by atoms with Crippen LogP contribution in [-0.2, 0) is 4.74 Å². The third kappa shape index (κ3) is 2.54. The van der Waals surface area contributed by atoms with Gasteiger partial charge in [0.2, 0.25) is 0 Å². The summed E-state index contributed by atoms with van der Waals surface area (Å²) in [7, 11) is 0. The van der Waals surface area contributed by atoms with Crippen molar-refractivity contribution in [3.8, 4) is 0 Å². The van der Waals surface area contributed by atoms with E-state index < -0.39 is 11.1 Å². The Morgan fingerprint density at radius 3 is 2.50 bits per heavy atom. The van der Waals surface area contributed by atoms with Crippen molar-refractivity contribution in [3.05, 3.63) is 35.9 Å². The maximum absolute atomic E-state index is 10.4. The fourth-order valence-electron chi connectivity index (χ4n) is 0.774. The molecule has 0 aliphatic heterocycles. The summed E-state index contributed by atoms with van der Waals surface area (Å²) in [5, 5.41) is -0.462. The molecule has 0 bridgehead atoms. The first-order valence-corrected chi connectivity index (χ1v) is 4.27. The molecule has 1 atom stereocenters. The number of rotatable bonds is 2. The van der Waals surface area contributed by atoms with Crippen molar-refractivity contribution < 1.29 is 9.53 Å². The van der Waals surface area contributed by atoms with Crippen LogP contribution >= 0.6 is 15.9 Å². The first-order chi connectivity index (χ1) is 5.70. The van der Waals surface area contributed by atoms with Gasteiger partial charge in [0.25, 0.3) is 0 Å². The van der Waals surface area contributed by atoms with Crippen molar-refractivity contribution in [3.63, 3.8) is 0 Å². The van der Waals surface area contributed by atoms with Gasteiger partial charge < -0.3 is 10.5 Å². The molecule has 0 radical (unpaired) electrons. The summed E-state index contributed by atoms with van der Waals surface area (Å²) in [5.41, 5.74) is 5.70. The monoisotopic (exact) mass is 229 g/mol. The maximum atomic E-state index is 10.4. The number of halogens is 1. The van der Waals surface area contributed by atoms with Gasteiger partial charge in [-0.15, -0.1) is 0 Å². The van der Waals surface area contributed by atoms with Crippen LogP contribution in [0, 0.1) is 0 Å². The summed E-state index contributed by atoms with van der Waals surface area (Å²) in [5.74, 6) is 0. The van der Waals surface area contributed by atoms with Crippen LogP contribution in [-0.4, -0.2) is 6.09 Å². The van der Waals surface area contributed by atoms with Gasteiger partial charge in [-0.2, -0.15) is 0 Å². The molecule has 4 heteroatoms. The Morgan fingerprint density at radius 1 is 1.42 bits per heavy atom. The van der Waals surface area contributed by atoms with Gasteiger partial charge in [0.15, 0.2) is 5.01 Å². The molecule has 1 amide bonds. The lowest BCUT2D eigenvalue weighted by Gasteiger charge is -2.08. The highest BCUT2D eigenvalue weighted by molar-refractivity contribution is 9.09. The lowest BCUT2D eigenvalue weighted by Crippen LogP contribution is -2.14. The Balaban J connectivity index is 2.65. The average Bonchev–Trinajstić information content (AvgIpc) is 2.05. The second-order valence-corrected chi connectivity index (χ2v) is 3.00. The van der Waals surface area contributed by atoms with Gasteiger partial charge in [0, 0.05) is 5.56 Å². The van der Waals surface area contributed by atoms with Crippen molar-refractivity contribution in [1.29, 1.82) is 0 Å². The molecule has 2 N–H and O–H groups in total. The SMILES string of the molecule is NC(=O)O[C@H](Br)c1ccccc1. The smallest absolute Gasteiger partial charge is 0.405 e. The summed E-state index contributed by atoms with van der Waals surface area (Å²) in [6, 6.07) is 9.26. The van der Waals surface area contributed by atoms with E-state index in [2.05, 4.69) is 15.9 Å². The van der Waals surface area contributed by atoms with E-state index in [4.69, 9.17) is 10.5 Å². The van der Waals surface area contributed by atoms with E-state index in [1.807, 2.05) is 30.3 Å². The minimum Gasteiger partial charge on any atom is -0.430 e. The molecule has 3 nitrogen and oxygen atoms in total. The van der Waals surface area contributed by atoms with Gasteiger partial charge in [-0.3, -0.25) is 0 Å². The molecule has 0 aliphatic carbocycles. The standard InChI is InChI=1S/C8H8BrNO2/c9-7(12-8(10)11)6-4-2-1-3-5-6/h1-5,7H,(H2,10,11)/t7-/m0/s1. The van der Waals surface area contributed by atoms with Crippen LogP contribution in [0.2, 0.25) is 0 Å². The number of hydrogen-bond donors (Lipinski definition) is 1. The zero-order chi connectivity index (χ0) is 8.97. The van der Waals surface area contributed by atoms with Gasteiger partial charge in [0.1, 0.15) is 0 Å². The summed E-state index contributed by atoms with van der Waals surface area (Å²) < 4.78 is 4.69. The van der Waals surface area contributed by atoms with Crippen LogP contribution in [0.4, 0.5) is 4.79 Å². The van der Waals surface area contributed by atoms with E-state index in [1.165, 1.54) is 0 Å². The number of hydrogen-bond acceptors (Lipinski definition) is 2. The zero-order valence-corrected chi connectivity index (χ0v) is 7.82. The Bertz CT molecular complexity index is 263. The largest absolute Gasteiger partial charge is 0.430 e. The van der Waals surface area contributed by atoms with Gasteiger partial charge in [-0.05, 0) is 15.9 Å². The number of ether oxygens (including phenoxy) is 1. The Morgan fingerprint density at radius 2 is 2.00 bits per heavy atom.